The molecule has 2 aromatic rings. The van der Waals surface area contributed by atoms with Crippen LogP contribution in [-0.2, 0) is 0 Å². The molecule has 0 atom stereocenters. The number of ketones is 1. The maximum atomic E-state index is 11.7. The van der Waals surface area contributed by atoms with Gasteiger partial charge in [-0.25, -0.2) is 0 Å². The largest absolute Gasteiger partial charge is 0.492 e. The van der Waals surface area contributed by atoms with E-state index in [1.807, 2.05) is 24.3 Å². The normalized spacial score (nSPS) is 13.2. The minimum atomic E-state index is 0.117. The van der Waals surface area contributed by atoms with Gasteiger partial charge in [0, 0.05) is 17.0 Å². The van der Waals surface area contributed by atoms with Gasteiger partial charge in [0.15, 0.2) is 5.78 Å². The highest BCUT2D eigenvalue weighted by Crippen LogP contribution is 2.29. The van der Waals surface area contributed by atoms with Crippen molar-refractivity contribution in [2.45, 2.75) is 6.42 Å². The van der Waals surface area contributed by atoms with Gasteiger partial charge in [-0.1, -0.05) is 15.9 Å². The summed E-state index contributed by atoms with van der Waals surface area (Å²) in [6.07, 6.45) is 0.439. The maximum Gasteiger partial charge on any atom is 0.169 e. The van der Waals surface area contributed by atoms with E-state index in [1.54, 1.807) is 18.2 Å². The first-order valence-electron chi connectivity index (χ1n) is 7.03. The topological polar surface area (TPSA) is 44.8 Å². The number of rotatable bonds is 5. The van der Waals surface area contributed by atoms with Crippen LogP contribution in [0.5, 0.6) is 17.2 Å². The fourth-order valence-electron chi connectivity index (χ4n) is 2.18. The van der Waals surface area contributed by atoms with E-state index in [2.05, 4.69) is 15.9 Å². The molecule has 114 valence electrons. The van der Waals surface area contributed by atoms with Gasteiger partial charge in [0.25, 0.3) is 0 Å². The second-order valence-corrected chi connectivity index (χ2v) is 5.75. The molecule has 0 aliphatic carbocycles. The molecule has 0 saturated carbocycles. The molecule has 3 rings (SSSR count). The number of Topliss-reactive ketones (excluding diaryl/α,β-unsaturated/α-hetero) is 1. The minimum absolute atomic E-state index is 0.117. The van der Waals surface area contributed by atoms with Crippen LogP contribution in [0.3, 0.4) is 0 Å². The molecule has 1 aliphatic heterocycles. The lowest BCUT2D eigenvalue weighted by Gasteiger charge is -2.17. The molecule has 0 spiro atoms. The van der Waals surface area contributed by atoms with E-state index in [0.717, 1.165) is 10.2 Å². The van der Waals surface area contributed by atoms with Crippen LogP contribution in [0.4, 0.5) is 0 Å². The van der Waals surface area contributed by atoms with Crippen LogP contribution < -0.4 is 14.2 Å². The summed E-state index contributed by atoms with van der Waals surface area (Å²) in [6.45, 7) is 1.29. The Morgan fingerprint density at radius 1 is 1.00 bits per heavy atom. The van der Waals surface area contributed by atoms with Crippen LogP contribution >= 0.6 is 15.9 Å². The second-order valence-electron chi connectivity index (χ2n) is 4.83. The maximum absolute atomic E-state index is 11.7. The molecule has 0 unspecified atom stereocenters. The number of carbonyl (C=O) groups excluding carboxylic acids is 1. The molecule has 0 N–H and O–H groups in total. The first-order valence-corrected chi connectivity index (χ1v) is 7.83. The summed E-state index contributed by atoms with van der Waals surface area (Å²) >= 11 is 3.38. The molecule has 5 heteroatoms. The number of halogens is 1. The van der Waals surface area contributed by atoms with Crippen molar-refractivity contribution in [2.75, 3.05) is 19.8 Å². The van der Waals surface area contributed by atoms with Crippen molar-refractivity contribution in [2.24, 2.45) is 0 Å². The summed E-state index contributed by atoms with van der Waals surface area (Å²) in [5.74, 6) is 2.19. The van der Waals surface area contributed by atoms with Crippen molar-refractivity contribution >= 4 is 21.7 Å². The summed E-state index contributed by atoms with van der Waals surface area (Å²) in [4.78, 5) is 11.7. The third-order valence-electron chi connectivity index (χ3n) is 3.27. The molecule has 1 aliphatic rings. The van der Waals surface area contributed by atoms with Crippen molar-refractivity contribution in [3.05, 3.63) is 52.5 Å². The van der Waals surface area contributed by atoms with Gasteiger partial charge in [-0.3, -0.25) is 4.79 Å². The predicted molar refractivity (Wildman–Crippen MR) is 86.0 cm³/mol. The Labute approximate surface area is 137 Å². The van der Waals surface area contributed by atoms with Gasteiger partial charge < -0.3 is 14.2 Å². The molecule has 0 bridgehead atoms. The number of hydrogen-bond acceptors (Lipinski definition) is 4. The molecule has 0 fully saturated rings. The lowest BCUT2D eigenvalue weighted by molar-refractivity contribution is 0.0933. The van der Waals surface area contributed by atoms with Crippen LogP contribution in [0.1, 0.15) is 16.8 Å². The number of hydrogen-bond donors (Lipinski definition) is 0. The zero-order valence-corrected chi connectivity index (χ0v) is 13.5. The Morgan fingerprint density at radius 3 is 2.45 bits per heavy atom. The first kappa shape index (κ1) is 14.9. The molecule has 0 aromatic heterocycles. The highest BCUT2D eigenvalue weighted by molar-refractivity contribution is 9.10. The molecule has 0 amide bonds. The van der Waals surface area contributed by atoms with E-state index in [4.69, 9.17) is 14.2 Å². The molecule has 0 radical (unpaired) electrons. The van der Waals surface area contributed by atoms with E-state index in [9.17, 15) is 4.79 Å². The van der Waals surface area contributed by atoms with Gasteiger partial charge in [0.05, 0.1) is 12.2 Å². The Balaban J connectivity index is 1.51. The summed E-state index contributed by atoms with van der Waals surface area (Å²) in [5, 5.41) is 0. The highest BCUT2D eigenvalue weighted by Gasteiger charge is 2.18. The average Bonchev–Trinajstić information content (AvgIpc) is 2.53. The van der Waals surface area contributed by atoms with Gasteiger partial charge in [-0.05, 0) is 36.4 Å². The average molecular weight is 363 g/mol. The van der Waals surface area contributed by atoms with Crippen LogP contribution in [-0.4, -0.2) is 25.6 Å². The van der Waals surface area contributed by atoms with Crippen LogP contribution in [0.25, 0.3) is 0 Å². The fraction of sp³-hybridized carbons (Fsp3) is 0.235. The fourth-order valence-corrected chi connectivity index (χ4v) is 2.44. The standard InChI is InChI=1S/C17H15BrO4/c18-12-1-3-13(4-2-12)20-9-10-21-14-5-6-15-16(19)7-8-22-17(15)11-14/h1-6,11H,7-10H2. The molecule has 0 saturated heterocycles. The van der Waals surface area contributed by atoms with Crippen molar-refractivity contribution in [1.29, 1.82) is 0 Å². The highest BCUT2D eigenvalue weighted by atomic mass is 79.9. The summed E-state index contributed by atoms with van der Waals surface area (Å²) < 4.78 is 17.7. The number of carbonyl (C=O) groups is 1. The van der Waals surface area contributed by atoms with E-state index < -0.39 is 0 Å². The minimum Gasteiger partial charge on any atom is -0.492 e. The van der Waals surface area contributed by atoms with Crippen LogP contribution in [0.2, 0.25) is 0 Å². The molecule has 22 heavy (non-hydrogen) atoms. The predicted octanol–water partition coefficient (Wildman–Crippen LogP) is 3.87. The van der Waals surface area contributed by atoms with Crippen molar-refractivity contribution in [1.82, 2.24) is 0 Å². The van der Waals surface area contributed by atoms with Crippen molar-refractivity contribution in [3.63, 3.8) is 0 Å². The SMILES string of the molecule is O=C1CCOc2cc(OCCOc3ccc(Br)cc3)ccc21. The Kier molecular flexibility index (Phi) is 4.63. The zero-order chi connectivity index (χ0) is 15.4. The van der Waals surface area contributed by atoms with Gasteiger partial charge in [0.2, 0.25) is 0 Å². The van der Waals surface area contributed by atoms with E-state index >= 15 is 0 Å². The van der Waals surface area contributed by atoms with Gasteiger partial charge in [-0.2, -0.15) is 0 Å². The van der Waals surface area contributed by atoms with Crippen LogP contribution in [0, 0.1) is 0 Å². The summed E-state index contributed by atoms with van der Waals surface area (Å²) in [7, 11) is 0. The molecular formula is C17H15BrO4. The van der Waals surface area contributed by atoms with E-state index in [0.29, 0.717) is 43.3 Å². The molecular weight excluding hydrogens is 348 g/mol. The smallest absolute Gasteiger partial charge is 0.169 e. The van der Waals surface area contributed by atoms with Gasteiger partial charge >= 0.3 is 0 Å². The Bertz CT molecular complexity index is 667. The van der Waals surface area contributed by atoms with E-state index in [1.165, 1.54) is 0 Å². The molecule has 2 aromatic carbocycles. The summed E-state index contributed by atoms with van der Waals surface area (Å²) in [5.41, 5.74) is 0.629. The van der Waals surface area contributed by atoms with Crippen molar-refractivity contribution < 1.29 is 19.0 Å². The number of benzene rings is 2. The lowest BCUT2D eigenvalue weighted by atomic mass is 10.1. The van der Waals surface area contributed by atoms with Gasteiger partial charge in [0.1, 0.15) is 30.5 Å². The zero-order valence-electron chi connectivity index (χ0n) is 11.9. The lowest BCUT2D eigenvalue weighted by Crippen LogP contribution is -2.15. The van der Waals surface area contributed by atoms with Crippen LogP contribution in [0.15, 0.2) is 46.9 Å². The third kappa shape index (κ3) is 3.60. The third-order valence-corrected chi connectivity index (χ3v) is 3.80. The van der Waals surface area contributed by atoms with E-state index in [-0.39, 0.29) is 5.78 Å². The molecule has 4 nitrogen and oxygen atoms in total. The van der Waals surface area contributed by atoms with Crippen molar-refractivity contribution in [3.8, 4) is 17.2 Å². The summed E-state index contributed by atoms with van der Waals surface area (Å²) in [6, 6.07) is 12.9. The second kappa shape index (κ2) is 6.83. The molecule has 1 heterocycles. The Hall–Kier alpha value is -2.01. The quantitative estimate of drug-likeness (QED) is 0.757. The first-order chi connectivity index (χ1) is 10.7. The number of fused-ring (bicyclic) bond motifs is 1. The Morgan fingerprint density at radius 2 is 1.68 bits per heavy atom. The van der Waals surface area contributed by atoms with Gasteiger partial charge in [-0.15, -0.1) is 0 Å². The monoisotopic (exact) mass is 362 g/mol. The number of ether oxygens (including phenoxy) is 3.